The van der Waals surface area contributed by atoms with Gasteiger partial charge in [0.05, 0.1) is 11.3 Å². The monoisotopic (exact) mass is 375 g/mol. The van der Waals surface area contributed by atoms with Crippen LogP contribution in [-0.2, 0) is 16.0 Å². The second kappa shape index (κ2) is 8.35. The van der Waals surface area contributed by atoms with Gasteiger partial charge in [-0.2, -0.15) is 0 Å². The summed E-state index contributed by atoms with van der Waals surface area (Å²) < 4.78 is 0. The van der Waals surface area contributed by atoms with Crippen LogP contribution in [0.3, 0.4) is 0 Å². The van der Waals surface area contributed by atoms with E-state index in [1.807, 2.05) is 42.5 Å². The quantitative estimate of drug-likeness (QED) is 0.617. The van der Waals surface area contributed by atoms with Gasteiger partial charge in [0.1, 0.15) is 6.04 Å². The second-order valence-corrected chi connectivity index (χ2v) is 6.54. The summed E-state index contributed by atoms with van der Waals surface area (Å²) in [4.78, 5) is 36.0. The average Bonchev–Trinajstić information content (AvgIpc) is 2.67. The Morgan fingerprint density at radius 2 is 1.61 bits per heavy atom. The maximum Gasteiger partial charge on any atom is 0.254 e. The number of amides is 3. The molecule has 0 aliphatic carbocycles. The zero-order valence-electron chi connectivity index (χ0n) is 15.4. The van der Waals surface area contributed by atoms with E-state index in [0.29, 0.717) is 5.69 Å². The molecule has 3 amide bonds. The number of carbonyl (C=O) groups excluding carboxylic acids is 3. The molecule has 0 fully saturated rings. The SMILES string of the molecule is CC(=O)Nc1ccccc1C(=O)N[C@@H](Cc1ccc2ccccc2c1)C(N)=O. The lowest BCUT2D eigenvalue weighted by Crippen LogP contribution is -2.46. The van der Waals surface area contributed by atoms with E-state index in [0.717, 1.165) is 16.3 Å². The lowest BCUT2D eigenvalue weighted by atomic mass is 10.0. The summed E-state index contributed by atoms with van der Waals surface area (Å²) >= 11 is 0. The van der Waals surface area contributed by atoms with Gasteiger partial charge < -0.3 is 16.4 Å². The lowest BCUT2D eigenvalue weighted by Gasteiger charge is -2.17. The molecule has 0 saturated carbocycles. The third kappa shape index (κ3) is 4.54. The fourth-order valence-electron chi connectivity index (χ4n) is 3.04. The molecule has 0 radical (unpaired) electrons. The smallest absolute Gasteiger partial charge is 0.254 e. The second-order valence-electron chi connectivity index (χ2n) is 6.54. The van der Waals surface area contributed by atoms with Crippen LogP contribution in [0.2, 0.25) is 0 Å². The maximum absolute atomic E-state index is 12.7. The molecule has 0 bridgehead atoms. The summed E-state index contributed by atoms with van der Waals surface area (Å²) in [6, 6.07) is 19.5. The molecule has 0 aliphatic rings. The Balaban J connectivity index is 1.80. The molecule has 6 heteroatoms. The van der Waals surface area contributed by atoms with E-state index in [1.165, 1.54) is 6.92 Å². The Kier molecular flexibility index (Phi) is 5.69. The number of fused-ring (bicyclic) bond motifs is 1. The molecule has 28 heavy (non-hydrogen) atoms. The fourth-order valence-corrected chi connectivity index (χ4v) is 3.04. The summed E-state index contributed by atoms with van der Waals surface area (Å²) in [5.74, 6) is -1.39. The molecule has 1 atom stereocenters. The van der Waals surface area contributed by atoms with Crippen molar-refractivity contribution in [2.24, 2.45) is 5.73 Å². The first-order valence-corrected chi connectivity index (χ1v) is 8.88. The van der Waals surface area contributed by atoms with E-state index < -0.39 is 17.9 Å². The summed E-state index contributed by atoms with van der Waals surface area (Å²) in [6.07, 6.45) is 0.272. The van der Waals surface area contributed by atoms with Gasteiger partial charge in [-0.1, -0.05) is 54.6 Å². The minimum Gasteiger partial charge on any atom is -0.368 e. The normalized spacial score (nSPS) is 11.6. The Morgan fingerprint density at radius 1 is 0.929 bits per heavy atom. The molecular weight excluding hydrogens is 354 g/mol. The van der Waals surface area contributed by atoms with Gasteiger partial charge >= 0.3 is 0 Å². The van der Waals surface area contributed by atoms with Crippen LogP contribution < -0.4 is 16.4 Å². The van der Waals surface area contributed by atoms with Gasteiger partial charge in [-0.15, -0.1) is 0 Å². The van der Waals surface area contributed by atoms with Crippen molar-refractivity contribution in [3.8, 4) is 0 Å². The predicted molar refractivity (Wildman–Crippen MR) is 109 cm³/mol. The summed E-state index contributed by atoms with van der Waals surface area (Å²) in [5.41, 5.74) is 7.05. The van der Waals surface area contributed by atoms with E-state index in [4.69, 9.17) is 5.73 Å². The zero-order chi connectivity index (χ0) is 20.1. The number of carbonyl (C=O) groups is 3. The molecule has 0 aromatic heterocycles. The van der Waals surface area contributed by atoms with Gasteiger partial charge in [0, 0.05) is 13.3 Å². The van der Waals surface area contributed by atoms with Crippen molar-refractivity contribution in [2.75, 3.05) is 5.32 Å². The van der Waals surface area contributed by atoms with Crippen molar-refractivity contribution in [3.05, 3.63) is 77.9 Å². The van der Waals surface area contributed by atoms with E-state index in [9.17, 15) is 14.4 Å². The highest BCUT2D eigenvalue weighted by atomic mass is 16.2. The largest absolute Gasteiger partial charge is 0.368 e. The minimum atomic E-state index is -0.876. The molecule has 3 rings (SSSR count). The molecule has 3 aromatic rings. The first-order chi connectivity index (χ1) is 13.4. The number of nitrogens with two attached hydrogens (primary N) is 1. The molecule has 0 saturated heterocycles. The number of benzene rings is 3. The van der Waals surface area contributed by atoms with Crippen molar-refractivity contribution in [2.45, 2.75) is 19.4 Å². The molecule has 4 N–H and O–H groups in total. The maximum atomic E-state index is 12.7. The van der Waals surface area contributed by atoms with E-state index in [2.05, 4.69) is 10.6 Å². The van der Waals surface area contributed by atoms with Crippen LogP contribution in [-0.4, -0.2) is 23.8 Å². The van der Waals surface area contributed by atoms with Crippen LogP contribution in [0.4, 0.5) is 5.69 Å². The molecule has 0 heterocycles. The summed E-state index contributed by atoms with van der Waals surface area (Å²) in [6.45, 7) is 1.36. The Labute approximate surface area is 162 Å². The number of hydrogen-bond donors (Lipinski definition) is 3. The van der Waals surface area contributed by atoms with E-state index >= 15 is 0 Å². The van der Waals surface area contributed by atoms with Crippen LogP contribution in [0.25, 0.3) is 10.8 Å². The van der Waals surface area contributed by atoms with Crippen LogP contribution in [0.15, 0.2) is 66.7 Å². The first-order valence-electron chi connectivity index (χ1n) is 8.88. The minimum absolute atomic E-state index is 0.266. The van der Waals surface area contributed by atoms with Crippen LogP contribution >= 0.6 is 0 Å². The number of nitrogens with one attached hydrogen (secondary N) is 2. The summed E-state index contributed by atoms with van der Waals surface area (Å²) in [5, 5.41) is 7.43. The number of primary amides is 1. The summed E-state index contributed by atoms with van der Waals surface area (Å²) in [7, 11) is 0. The van der Waals surface area contributed by atoms with Crippen LogP contribution in [0.1, 0.15) is 22.8 Å². The molecule has 142 valence electrons. The topological polar surface area (TPSA) is 101 Å². The highest BCUT2D eigenvalue weighted by Crippen LogP contribution is 2.18. The van der Waals surface area contributed by atoms with Gasteiger partial charge in [0.15, 0.2) is 0 Å². The Bertz CT molecular complexity index is 1050. The number of rotatable bonds is 6. The highest BCUT2D eigenvalue weighted by Gasteiger charge is 2.21. The molecule has 6 nitrogen and oxygen atoms in total. The van der Waals surface area contributed by atoms with Crippen LogP contribution in [0.5, 0.6) is 0 Å². The number of para-hydroxylation sites is 1. The van der Waals surface area contributed by atoms with Crippen molar-refractivity contribution >= 4 is 34.2 Å². The molecule has 0 unspecified atom stereocenters. The third-order valence-electron chi connectivity index (χ3n) is 4.38. The van der Waals surface area contributed by atoms with Crippen LogP contribution in [0, 0.1) is 0 Å². The molecule has 3 aromatic carbocycles. The predicted octanol–water partition coefficient (Wildman–Crippen LogP) is 2.62. The molecule has 0 aliphatic heterocycles. The fraction of sp³-hybridized carbons (Fsp3) is 0.136. The van der Waals surface area contributed by atoms with Crippen molar-refractivity contribution in [1.82, 2.24) is 5.32 Å². The Morgan fingerprint density at radius 3 is 2.32 bits per heavy atom. The van der Waals surface area contributed by atoms with Gasteiger partial charge in [0.25, 0.3) is 5.91 Å². The van der Waals surface area contributed by atoms with E-state index in [1.54, 1.807) is 24.3 Å². The number of hydrogen-bond acceptors (Lipinski definition) is 3. The Hall–Kier alpha value is -3.67. The highest BCUT2D eigenvalue weighted by molar-refractivity contribution is 6.04. The molecule has 0 spiro atoms. The van der Waals surface area contributed by atoms with Crippen molar-refractivity contribution < 1.29 is 14.4 Å². The van der Waals surface area contributed by atoms with Gasteiger partial charge in [-0.3, -0.25) is 14.4 Å². The van der Waals surface area contributed by atoms with Crippen molar-refractivity contribution in [1.29, 1.82) is 0 Å². The number of anilines is 1. The van der Waals surface area contributed by atoms with Gasteiger partial charge in [-0.05, 0) is 28.5 Å². The third-order valence-corrected chi connectivity index (χ3v) is 4.38. The van der Waals surface area contributed by atoms with Gasteiger partial charge in [0.2, 0.25) is 11.8 Å². The first kappa shape index (κ1) is 19.1. The molecular formula is C22H21N3O3. The standard InChI is InChI=1S/C22H21N3O3/c1-14(26)24-19-9-5-4-8-18(19)22(28)25-20(21(23)27)13-15-10-11-16-6-2-3-7-17(16)12-15/h2-12,20H,13H2,1H3,(H2,23,27)(H,24,26)(H,25,28)/t20-/m0/s1. The van der Waals surface area contributed by atoms with Crippen molar-refractivity contribution in [3.63, 3.8) is 0 Å². The lowest BCUT2D eigenvalue weighted by molar-refractivity contribution is -0.119. The zero-order valence-corrected chi connectivity index (χ0v) is 15.4. The average molecular weight is 375 g/mol. The van der Waals surface area contributed by atoms with E-state index in [-0.39, 0.29) is 17.9 Å². The van der Waals surface area contributed by atoms with Gasteiger partial charge in [-0.25, -0.2) is 0 Å².